The normalized spacial score (nSPS) is 30.1. The van der Waals surface area contributed by atoms with Crippen LogP contribution in [0.15, 0.2) is 17.2 Å². The van der Waals surface area contributed by atoms with Gasteiger partial charge in [-0.1, -0.05) is 0 Å². The van der Waals surface area contributed by atoms with Crippen LogP contribution < -0.4 is 11.4 Å². The van der Waals surface area contributed by atoms with Crippen LogP contribution in [-0.4, -0.2) is 59.2 Å². The highest BCUT2D eigenvalue weighted by atomic mass is 16.6. The number of hydrogen-bond acceptors (Lipinski definition) is 8. The van der Waals surface area contributed by atoms with Crippen LogP contribution in [0.3, 0.4) is 0 Å². The van der Waals surface area contributed by atoms with Gasteiger partial charge in [0.25, 0.3) is 0 Å². The lowest BCUT2D eigenvalue weighted by Gasteiger charge is -2.16. The minimum absolute atomic E-state index is 0.123. The first kappa shape index (κ1) is 13.0. The molecule has 3 rings (SSSR count). The quantitative estimate of drug-likeness (QED) is 0.458. The third-order valence-corrected chi connectivity index (χ3v) is 3.24. The number of imidazole rings is 1. The van der Waals surface area contributed by atoms with Crippen molar-refractivity contribution in [2.45, 2.75) is 24.5 Å². The van der Waals surface area contributed by atoms with Gasteiger partial charge in [-0.05, 0) is 0 Å². The predicted molar refractivity (Wildman–Crippen MR) is 64.7 cm³/mol. The number of nitrogens with two attached hydrogens (primary N) is 1. The molecule has 20 heavy (non-hydrogen) atoms. The SMILES string of the molecule is Nc1nc(=O)n2ccn([C@H]3O[C@@H](CO)[C@H](O)[C@@H]3O)c2n1. The monoisotopic (exact) mass is 283 g/mol. The van der Waals surface area contributed by atoms with Gasteiger partial charge in [-0.15, -0.1) is 0 Å². The van der Waals surface area contributed by atoms with Crippen LogP contribution in [0.25, 0.3) is 5.78 Å². The van der Waals surface area contributed by atoms with E-state index in [4.69, 9.17) is 15.6 Å². The van der Waals surface area contributed by atoms with Gasteiger partial charge >= 0.3 is 5.69 Å². The van der Waals surface area contributed by atoms with Crippen molar-refractivity contribution < 1.29 is 20.1 Å². The Morgan fingerprint density at radius 1 is 1.30 bits per heavy atom. The maximum Gasteiger partial charge on any atom is 0.357 e. The van der Waals surface area contributed by atoms with E-state index in [2.05, 4.69) is 9.97 Å². The van der Waals surface area contributed by atoms with E-state index in [1.807, 2.05) is 0 Å². The van der Waals surface area contributed by atoms with Crippen molar-refractivity contribution in [1.82, 2.24) is 18.9 Å². The summed E-state index contributed by atoms with van der Waals surface area (Å²) in [6, 6.07) is 0. The third kappa shape index (κ3) is 1.78. The molecule has 1 fully saturated rings. The highest BCUT2D eigenvalue weighted by molar-refractivity contribution is 5.35. The van der Waals surface area contributed by atoms with Gasteiger partial charge in [-0.2, -0.15) is 9.97 Å². The van der Waals surface area contributed by atoms with Gasteiger partial charge in [-0.3, -0.25) is 4.57 Å². The summed E-state index contributed by atoms with van der Waals surface area (Å²) in [5.41, 5.74) is 4.81. The minimum Gasteiger partial charge on any atom is -0.394 e. The predicted octanol–water partition coefficient (Wildman–Crippen LogP) is -2.92. The molecule has 10 nitrogen and oxygen atoms in total. The van der Waals surface area contributed by atoms with Crippen molar-refractivity contribution in [3.05, 3.63) is 22.9 Å². The number of aliphatic hydroxyl groups is 3. The molecular formula is C10H13N5O5. The summed E-state index contributed by atoms with van der Waals surface area (Å²) in [4.78, 5) is 19.0. The van der Waals surface area contributed by atoms with E-state index in [-0.39, 0.29) is 11.7 Å². The number of aromatic nitrogens is 4. The summed E-state index contributed by atoms with van der Waals surface area (Å²) in [5, 5.41) is 28.8. The van der Waals surface area contributed by atoms with Crippen LogP contribution in [-0.2, 0) is 4.74 Å². The van der Waals surface area contributed by atoms with Crippen molar-refractivity contribution in [3.63, 3.8) is 0 Å². The molecule has 0 bridgehead atoms. The minimum atomic E-state index is -1.27. The third-order valence-electron chi connectivity index (χ3n) is 3.24. The topological polar surface area (TPSA) is 148 Å². The van der Waals surface area contributed by atoms with Gasteiger partial charge in [-0.25, -0.2) is 9.20 Å². The molecule has 2 aromatic heterocycles. The number of fused-ring (bicyclic) bond motifs is 1. The molecule has 2 aromatic rings. The molecule has 0 aromatic carbocycles. The van der Waals surface area contributed by atoms with Crippen LogP contribution in [0.2, 0.25) is 0 Å². The van der Waals surface area contributed by atoms with E-state index in [0.717, 1.165) is 4.40 Å². The lowest BCUT2D eigenvalue weighted by molar-refractivity contribution is -0.0510. The second-order valence-corrected chi connectivity index (χ2v) is 4.47. The molecule has 4 atom stereocenters. The van der Waals surface area contributed by atoms with E-state index >= 15 is 0 Å². The second kappa shape index (κ2) is 4.52. The summed E-state index contributed by atoms with van der Waals surface area (Å²) < 4.78 is 7.84. The molecule has 1 saturated heterocycles. The molecule has 1 aliphatic heterocycles. The first-order chi connectivity index (χ1) is 9.52. The largest absolute Gasteiger partial charge is 0.394 e. The molecule has 0 saturated carbocycles. The van der Waals surface area contributed by atoms with Crippen LogP contribution in [0.5, 0.6) is 0 Å². The number of anilines is 1. The van der Waals surface area contributed by atoms with Gasteiger partial charge in [0, 0.05) is 12.4 Å². The molecule has 0 aliphatic carbocycles. The molecule has 0 spiro atoms. The molecule has 1 aliphatic rings. The fourth-order valence-electron chi connectivity index (χ4n) is 2.24. The average molecular weight is 283 g/mol. The lowest BCUT2D eigenvalue weighted by Crippen LogP contribution is -2.33. The first-order valence-corrected chi connectivity index (χ1v) is 5.88. The number of nitrogens with zero attached hydrogens (tertiary/aromatic N) is 4. The second-order valence-electron chi connectivity index (χ2n) is 4.47. The standard InChI is InChI=1S/C10H13N5O5/c11-8-12-9-14(1-2-15(9)10(19)13-8)7-6(18)5(17)4(3-16)20-7/h1-2,4-7,16-18H,3H2,(H2,11,13,19)/t4-,5-,6-,7-/m0/s1. The zero-order valence-electron chi connectivity index (χ0n) is 10.2. The van der Waals surface area contributed by atoms with Crippen LogP contribution in [0.1, 0.15) is 6.23 Å². The Morgan fingerprint density at radius 3 is 2.70 bits per heavy atom. The molecule has 0 amide bonds. The van der Waals surface area contributed by atoms with E-state index in [9.17, 15) is 15.0 Å². The fraction of sp³-hybridized carbons (Fsp3) is 0.500. The lowest BCUT2D eigenvalue weighted by atomic mass is 10.1. The zero-order chi connectivity index (χ0) is 14.4. The molecule has 10 heteroatoms. The average Bonchev–Trinajstić information content (AvgIpc) is 2.93. The van der Waals surface area contributed by atoms with E-state index < -0.39 is 36.8 Å². The molecule has 0 unspecified atom stereocenters. The van der Waals surface area contributed by atoms with E-state index in [0.29, 0.717) is 0 Å². The highest BCUT2D eigenvalue weighted by Gasteiger charge is 2.43. The van der Waals surface area contributed by atoms with E-state index in [1.165, 1.54) is 17.0 Å². The van der Waals surface area contributed by atoms with Crippen molar-refractivity contribution in [2.75, 3.05) is 12.3 Å². The van der Waals surface area contributed by atoms with Gasteiger partial charge < -0.3 is 25.8 Å². The maximum absolute atomic E-state index is 11.6. The van der Waals surface area contributed by atoms with Crippen molar-refractivity contribution in [2.24, 2.45) is 0 Å². The Hall–Kier alpha value is -2.01. The Bertz CT molecular complexity index is 697. The van der Waals surface area contributed by atoms with Crippen LogP contribution in [0, 0.1) is 0 Å². The highest BCUT2D eigenvalue weighted by Crippen LogP contribution is 2.30. The van der Waals surface area contributed by atoms with Gasteiger partial charge in [0.2, 0.25) is 11.7 Å². The van der Waals surface area contributed by atoms with Crippen molar-refractivity contribution >= 4 is 11.7 Å². The molecule has 0 radical (unpaired) electrons. The number of ether oxygens (including phenoxy) is 1. The Labute approximate surface area is 111 Å². The summed E-state index contributed by atoms with van der Waals surface area (Å²) in [7, 11) is 0. The Kier molecular flexibility index (Phi) is 2.94. The van der Waals surface area contributed by atoms with Crippen molar-refractivity contribution in [3.8, 4) is 0 Å². The van der Waals surface area contributed by atoms with Crippen LogP contribution >= 0.6 is 0 Å². The number of rotatable bonds is 2. The zero-order valence-corrected chi connectivity index (χ0v) is 10.2. The number of hydrogen-bond donors (Lipinski definition) is 4. The smallest absolute Gasteiger partial charge is 0.357 e. The molecule has 3 heterocycles. The summed E-state index contributed by atoms with van der Waals surface area (Å²) in [5.74, 6) is -0.0842. The van der Waals surface area contributed by atoms with Gasteiger partial charge in [0.15, 0.2) is 6.23 Å². The summed E-state index contributed by atoms with van der Waals surface area (Å²) in [6.07, 6.45) is -1.56. The van der Waals surface area contributed by atoms with Gasteiger partial charge in [0.1, 0.15) is 18.3 Å². The Morgan fingerprint density at radius 2 is 2.05 bits per heavy atom. The van der Waals surface area contributed by atoms with Crippen molar-refractivity contribution in [1.29, 1.82) is 0 Å². The molecular weight excluding hydrogens is 270 g/mol. The number of aliphatic hydroxyl groups excluding tert-OH is 3. The first-order valence-electron chi connectivity index (χ1n) is 5.88. The number of nitrogen functional groups attached to an aromatic ring is 1. The fourth-order valence-corrected chi connectivity index (χ4v) is 2.24. The van der Waals surface area contributed by atoms with Gasteiger partial charge in [0.05, 0.1) is 6.61 Å². The summed E-state index contributed by atoms with van der Waals surface area (Å²) in [6.45, 7) is -0.439. The maximum atomic E-state index is 11.6. The van der Waals surface area contributed by atoms with Crippen LogP contribution in [0.4, 0.5) is 5.95 Å². The molecule has 5 N–H and O–H groups in total. The summed E-state index contributed by atoms with van der Waals surface area (Å²) >= 11 is 0. The Balaban J connectivity index is 2.09. The van der Waals surface area contributed by atoms with E-state index in [1.54, 1.807) is 0 Å². The molecule has 108 valence electrons.